The molecule has 0 rings (SSSR count). The Hall–Kier alpha value is 0.109. The van der Waals surface area contributed by atoms with E-state index in [0.29, 0.717) is 0 Å². The molecule has 0 aromatic carbocycles. The summed E-state index contributed by atoms with van der Waals surface area (Å²) in [6.45, 7) is 0. The Labute approximate surface area is 84.6 Å². The molecule has 0 aliphatic carbocycles. The van der Waals surface area contributed by atoms with Crippen molar-refractivity contribution in [2.75, 3.05) is 0 Å². The van der Waals surface area contributed by atoms with Crippen molar-refractivity contribution in [1.29, 1.82) is 0 Å². The number of hydrogen-bond donors (Lipinski definition) is 1. The van der Waals surface area contributed by atoms with E-state index >= 15 is 0 Å². The summed E-state index contributed by atoms with van der Waals surface area (Å²) < 4.78 is 34.1. The predicted octanol–water partition coefficient (Wildman–Crippen LogP) is -5.91. The Kier molecular flexibility index (Phi) is 351. The fourth-order valence-electron chi connectivity index (χ4n) is 0. The maximum absolute atomic E-state index is 8.52. The molecule has 0 aliphatic rings. The van der Waals surface area contributed by atoms with E-state index in [1.54, 1.807) is 0 Å². The molecule has 0 unspecified atom stereocenters. The van der Waals surface area contributed by atoms with Gasteiger partial charge < -0.3 is 48.1 Å². The average molecular weight is 277 g/mol. The summed E-state index contributed by atoms with van der Waals surface area (Å²) in [5.74, 6) is 0. The smallest absolute Gasteiger partial charge is 0.0311 e. The molecule has 0 atom stereocenters. The van der Waals surface area contributed by atoms with Crippen LogP contribution in [0.25, 0.3) is 0 Å². The molecule has 0 heterocycles. The third kappa shape index (κ3) is 103000. The Morgan fingerprint density at radius 2 is 0.692 bits per heavy atom. The van der Waals surface area contributed by atoms with Gasteiger partial charge in [0, 0.05) is 27.5 Å². The Morgan fingerprint density at radius 1 is 0.692 bits per heavy atom. The molecule has 0 aromatic heterocycles. The van der Waals surface area contributed by atoms with E-state index < -0.39 is 10.4 Å². The van der Waals surface area contributed by atoms with Crippen LogP contribution in [0.15, 0.2) is 0 Å². The van der Waals surface area contributed by atoms with Crippen LogP contribution in [0, 0.1) is 0 Å². The zero-order chi connectivity index (χ0) is 4.50. The molecule has 11 nitrogen and oxygen atoms in total. The van der Waals surface area contributed by atoms with Gasteiger partial charge in [-0.05, 0) is 0 Å². The Balaban J connectivity index is -0.00000000286. The van der Waals surface area contributed by atoms with Gasteiger partial charge in [-0.15, -0.1) is 0 Å². The van der Waals surface area contributed by atoms with E-state index in [9.17, 15) is 0 Å². The molecular formula is H16MnNO10S-. The van der Waals surface area contributed by atoms with E-state index in [0.717, 1.165) is 0 Å². The summed E-state index contributed by atoms with van der Waals surface area (Å²) in [5, 5.41) is 0. The van der Waals surface area contributed by atoms with Gasteiger partial charge in [0.15, 0.2) is 0 Å². The standard InChI is InChI=1S/Mn.H3N.H2O4S.6H2O/c;;1-5(2,3)4;;;;;;/h;1H3;(H2,1,2,3,4);6*1H2/p-1. The van der Waals surface area contributed by atoms with Crippen molar-refractivity contribution in [2.24, 2.45) is 0 Å². The first-order valence-corrected chi connectivity index (χ1v) is 2.00. The van der Waals surface area contributed by atoms with Crippen LogP contribution in [0.1, 0.15) is 0 Å². The van der Waals surface area contributed by atoms with Crippen molar-refractivity contribution in [3.63, 3.8) is 0 Å². The molecular weight excluding hydrogens is 261 g/mol. The first-order valence-electron chi connectivity index (χ1n) is 0.667. The molecule has 0 aliphatic heterocycles. The molecule has 0 saturated carbocycles. The normalized spacial score (nSPS) is 4.46. The second kappa shape index (κ2) is 40.0. The fraction of sp³-hybridized carbons (Fsp3) is 0. The summed E-state index contributed by atoms with van der Waals surface area (Å²) >= 11 is 0. The first-order chi connectivity index (χ1) is 2.00. The van der Waals surface area contributed by atoms with Crippen molar-refractivity contribution in [3.8, 4) is 0 Å². The number of rotatable bonds is 0. The van der Waals surface area contributed by atoms with E-state index in [1.807, 2.05) is 0 Å². The monoisotopic (exact) mass is 277 g/mol. The van der Waals surface area contributed by atoms with Crippen LogP contribution in [-0.4, -0.2) is 50.4 Å². The van der Waals surface area contributed by atoms with Crippen LogP contribution in [-0.2, 0) is 27.5 Å². The van der Waals surface area contributed by atoms with Crippen molar-refractivity contribution >= 4 is 10.4 Å². The van der Waals surface area contributed by atoms with Crippen LogP contribution in [0.4, 0.5) is 0 Å². The van der Waals surface area contributed by atoms with Crippen LogP contribution >= 0.6 is 0 Å². The van der Waals surface area contributed by atoms with Gasteiger partial charge in [-0.3, -0.25) is 8.42 Å². The molecule has 0 amide bonds. The number of quaternary nitrogens is 1. The van der Waals surface area contributed by atoms with Gasteiger partial charge in [-0.1, -0.05) is 0 Å². The van der Waals surface area contributed by atoms with Gasteiger partial charge in [0.2, 0.25) is 0 Å². The number of hydrogen-bond acceptors (Lipinski definition) is 4. The molecule has 0 saturated heterocycles. The van der Waals surface area contributed by atoms with Gasteiger partial charge in [-0.25, -0.2) is 0 Å². The summed E-state index contributed by atoms with van der Waals surface area (Å²) in [5.41, 5.74) is 0. The Bertz CT molecular complexity index is 98.1. The minimum absolute atomic E-state index is 0. The topological polar surface area (TPSA) is 306 Å². The van der Waals surface area contributed by atoms with Crippen LogP contribution in [0.3, 0.4) is 0 Å². The zero-order valence-electron chi connectivity index (χ0n) is 6.42. The predicted molar refractivity (Wildman–Crippen MR) is 38.1 cm³/mol. The summed E-state index contributed by atoms with van der Waals surface area (Å²) in [4.78, 5) is 0. The fourth-order valence-corrected chi connectivity index (χ4v) is 0. The largest absolute Gasteiger partial charge is 0.759 e. The average Bonchev–Trinajstić information content (AvgIpc) is 0.722. The molecule has 0 spiro atoms. The minimum atomic E-state index is -5.17. The summed E-state index contributed by atoms with van der Waals surface area (Å²) in [7, 11) is -5.17. The first kappa shape index (κ1) is 114. The van der Waals surface area contributed by atoms with Crippen molar-refractivity contribution in [1.82, 2.24) is 6.15 Å². The summed E-state index contributed by atoms with van der Waals surface area (Å²) in [6, 6.07) is 0. The van der Waals surface area contributed by atoms with Crippen LogP contribution in [0.2, 0.25) is 0 Å². The Morgan fingerprint density at radius 3 is 0.692 bits per heavy atom. The van der Waals surface area contributed by atoms with Crippen molar-refractivity contribution in [2.45, 2.75) is 0 Å². The van der Waals surface area contributed by atoms with E-state index in [1.165, 1.54) is 0 Å². The van der Waals surface area contributed by atoms with Crippen LogP contribution in [0.5, 0.6) is 0 Å². The molecule has 16 N–H and O–H groups in total. The van der Waals surface area contributed by atoms with Crippen molar-refractivity contribution in [3.05, 3.63) is 0 Å². The van der Waals surface area contributed by atoms with Gasteiger partial charge in [0.1, 0.15) is 0 Å². The summed E-state index contributed by atoms with van der Waals surface area (Å²) in [6.07, 6.45) is 0. The SMILES string of the molecule is O.O.O.O.O.O.O=S(=O)([O-])[O-].[Mn].[NH4+]. The molecule has 0 fully saturated rings. The van der Waals surface area contributed by atoms with Crippen LogP contribution < -0.4 is 6.15 Å². The molecule has 0 aromatic rings. The zero-order valence-corrected chi connectivity index (χ0v) is 8.42. The molecule has 13 heteroatoms. The maximum atomic E-state index is 8.52. The van der Waals surface area contributed by atoms with E-state index in [-0.39, 0.29) is 56.1 Å². The quantitative estimate of drug-likeness (QED) is 0.256. The third-order valence-corrected chi connectivity index (χ3v) is 0. The van der Waals surface area contributed by atoms with Gasteiger partial charge >= 0.3 is 0 Å². The molecule has 1 radical (unpaired) electrons. The van der Waals surface area contributed by atoms with Crippen molar-refractivity contribution < 1.29 is 67.4 Å². The second-order valence-corrected chi connectivity index (χ2v) is 1.22. The molecule has 95 valence electrons. The van der Waals surface area contributed by atoms with E-state index in [4.69, 9.17) is 17.5 Å². The van der Waals surface area contributed by atoms with Gasteiger partial charge in [0.25, 0.3) is 0 Å². The molecule has 0 bridgehead atoms. The maximum Gasteiger partial charge on any atom is 0.0311 e. The van der Waals surface area contributed by atoms with E-state index in [2.05, 4.69) is 0 Å². The second-order valence-electron chi connectivity index (χ2n) is 0.408. The van der Waals surface area contributed by atoms with Gasteiger partial charge in [-0.2, -0.15) is 0 Å². The molecule has 13 heavy (non-hydrogen) atoms. The van der Waals surface area contributed by atoms with Gasteiger partial charge in [0.05, 0.1) is 0 Å². The minimum Gasteiger partial charge on any atom is -0.759 e. The third-order valence-electron chi connectivity index (χ3n) is 0.